The maximum atomic E-state index is 12.1. The fourth-order valence-electron chi connectivity index (χ4n) is 2.41. The van der Waals surface area contributed by atoms with E-state index in [9.17, 15) is 22.8 Å². The van der Waals surface area contributed by atoms with Gasteiger partial charge < -0.3 is 15.4 Å². The number of aromatic amines is 1. The molecule has 3 rings (SSSR count). The fourth-order valence-corrected chi connectivity index (χ4v) is 2.41. The largest absolute Gasteiger partial charge is 0.490 e. The van der Waals surface area contributed by atoms with Gasteiger partial charge in [0.15, 0.2) is 0 Å². The lowest BCUT2D eigenvalue weighted by molar-refractivity contribution is -0.192. The summed E-state index contributed by atoms with van der Waals surface area (Å²) in [5, 5.41) is 11.0. The number of fused-ring (bicyclic) bond motifs is 1. The van der Waals surface area contributed by atoms with Crippen LogP contribution in [0.2, 0.25) is 0 Å². The number of halogens is 3. The molecule has 1 aliphatic heterocycles. The van der Waals surface area contributed by atoms with Crippen LogP contribution in [0.3, 0.4) is 0 Å². The minimum Gasteiger partial charge on any atom is -0.475 e. The van der Waals surface area contributed by atoms with Gasteiger partial charge in [0.25, 0.3) is 11.8 Å². The van der Waals surface area contributed by atoms with Crippen molar-refractivity contribution in [2.45, 2.75) is 12.6 Å². The van der Waals surface area contributed by atoms with E-state index in [1.807, 2.05) is 0 Å². The van der Waals surface area contributed by atoms with Crippen LogP contribution in [0.15, 0.2) is 24.4 Å². The first-order valence-electron chi connectivity index (χ1n) is 8.13. The Morgan fingerprint density at radius 3 is 2.52 bits per heavy atom. The van der Waals surface area contributed by atoms with Crippen LogP contribution < -0.4 is 5.32 Å². The van der Waals surface area contributed by atoms with Crippen LogP contribution >= 0.6 is 0 Å². The molecule has 0 aromatic carbocycles. The highest BCUT2D eigenvalue weighted by atomic mass is 19.4. The highest BCUT2D eigenvalue weighted by molar-refractivity contribution is 5.98. The van der Waals surface area contributed by atoms with Gasteiger partial charge in [-0.2, -0.15) is 13.2 Å². The molecule has 0 radical (unpaired) electrons. The van der Waals surface area contributed by atoms with Crippen LogP contribution in [-0.4, -0.2) is 64.8 Å². The number of carbonyl (C=O) groups excluding carboxylic acids is 2. The number of alkyl halides is 3. The van der Waals surface area contributed by atoms with E-state index in [-0.39, 0.29) is 17.5 Å². The van der Waals surface area contributed by atoms with Crippen molar-refractivity contribution in [3.63, 3.8) is 0 Å². The predicted molar refractivity (Wildman–Crippen MR) is 92.9 cm³/mol. The Morgan fingerprint density at radius 2 is 1.97 bits per heavy atom. The van der Waals surface area contributed by atoms with Gasteiger partial charge in [-0.1, -0.05) is 0 Å². The number of hydroxylamine groups is 2. The zero-order valence-electron chi connectivity index (χ0n) is 15.3. The van der Waals surface area contributed by atoms with Crippen molar-refractivity contribution >= 4 is 17.8 Å². The van der Waals surface area contributed by atoms with Crippen LogP contribution in [0.5, 0.6) is 0 Å². The highest BCUT2D eigenvalue weighted by Gasteiger charge is 2.38. The molecule has 3 N–H and O–H groups in total. The predicted octanol–water partition coefficient (Wildman–Crippen LogP) is 1.63. The number of hydrogen-bond donors (Lipinski definition) is 3. The van der Waals surface area contributed by atoms with Crippen molar-refractivity contribution in [1.82, 2.24) is 20.3 Å². The molecule has 0 bridgehead atoms. The van der Waals surface area contributed by atoms with Gasteiger partial charge >= 0.3 is 12.1 Å². The third-order valence-corrected chi connectivity index (χ3v) is 3.90. The number of hydrogen-bond acceptors (Lipinski definition) is 5. The molecule has 0 saturated heterocycles. The van der Waals surface area contributed by atoms with Gasteiger partial charge in [-0.25, -0.2) is 9.86 Å². The summed E-state index contributed by atoms with van der Waals surface area (Å²) >= 11 is 0. The summed E-state index contributed by atoms with van der Waals surface area (Å²) < 4.78 is 31.7. The first-order chi connectivity index (χ1) is 13.5. The van der Waals surface area contributed by atoms with Gasteiger partial charge in [-0.3, -0.25) is 19.4 Å². The van der Waals surface area contributed by atoms with Crippen LogP contribution in [0.4, 0.5) is 13.2 Å². The van der Waals surface area contributed by atoms with E-state index in [0.29, 0.717) is 12.1 Å². The topological polar surface area (TPSA) is 125 Å². The molecule has 0 unspecified atom stereocenters. The average Bonchev–Trinajstić information content (AvgIpc) is 3.12. The lowest BCUT2D eigenvalue weighted by Crippen LogP contribution is -2.31. The summed E-state index contributed by atoms with van der Waals surface area (Å²) in [4.78, 5) is 45.0. The Balaban J connectivity index is 0.000000370. The van der Waals surface area contributed by atoms with Gasteiger partial charge in [0, 0.05) is 43.2 Å². The van der Waals surface area contributed by atoms with Crippen molar-refractivity contribution in [1.29, 1.82) is 0 Å². The summed E-state index contributed by atoms with van der Waals surface area (Å²) in [5.41, 5.74) is 3.43. The molecule has 0 fully saturated rings. The summed E-state index contributed by atoms with van der Waals surface area (Å²) in [6.45, 7) is 0.629. The number of rotatable bonds is 3. The number of nitrogens with one attached hydrogen (secondary N) is 2. The molecule has 156 valence electrons. The quantitative estimate of drug-likeness (QED) is 0.656. The molecule has 0 saturated carbocycles. The van der Waals surface area contributed by atoms with Crippen LogP contribution in [-0.2, 0) is 16.1 Å². The third kappa shape index (κ3) is 5.31. The van der Waals surface area contributed by atoms with Crippen LogP contribution in [0.1, 0.15) is 26.5 Å². The van der Waals surface area contributed by atoms with Crippen molar-refractivity contribution in [2.24, 2.45) is 0 Å². The molecule has 0 spiro atoms. The molecule has 12 heteroatoms. The maximum Gasteiger partial charge on any atom is 0.490 e. The molecule has 1 aliphatic rings. The number of aromatic nitrogens is 2. The highest BCUT2D eigenvalue weighted by Crippen LogP contribution is 2.24. The molecular weight excluding hydrogens is 397 g/mol. The molecule has 0 aliphatic carbocycles. The number of carboxylic acids is 1. The summed E-state index contributed by atoms with van der Waals surface area (Å²) in [5.74, 6) is -3.17. The normalized spacial score (nSPS) is 12.9. The lowest BCUT2D eigenvalue weighted by atomic mass is 10.1. The maximum absolute atomic E-state index is 12.1. The zero-order chi connectivity index (χ0) is 21.8. The van der Waals surface area contributed by atoms with Gasteiger partial charge in [0.2, 0.25) is 0 Å². The standard InChI is InChI=1S/C15H16N4O3.C2HF3O2/c1-19(22-2)15(21)13-7-9(3-5-16-13)12-8-10-11(18-12)4-6-17-14(10)20;3-2(4,5)1(6)7/h3,5,7-8,18H,4,6H2,1-2H3,(H,17,20);(H,6,7). The van der Waals surface area contributed by atoms with Gasteiger partial charge in [0.1, 0.15) is 5.69 Å². The molecule has 3 heterocycles. The van der Waals surface area contributed by atoms with E-state index in [1.54, 1.807) is 24.4 Å². The number of carboxylic acid groups (broad SMARTS) is 1. The molecular formula is C17H17F3N4O5. The van der Waals surface area contributed by atoms with Gasteiger partial charge in [-0.15, -0.1) is 0 Å². The fraction of sp³-hybridized carbons (Fsp3) is 0.294. The zero-order valence-corrected chi connectivity index (χ0v) is 15.3. The van der Waals surface area contributed by atoms with Gasteiger partial charge in [0.05, 0.1) is 12.7 Å². The van der Waals surface area contributed by atoms with E-state index >= 15 is 0 Å². The Hall–Kier alpha value is -3.41. The van der Waals surface area contributed by atoms with E-state index in [2.05, 4.69) is 15.3 Å². The van der Waals surface area contributed by atoms with Crippen molar-refractivity contribution < 1.29 is 37.5 Å². The van der Waals surface area contributed by atoms with Gasteiger partial charge in [-0.05, 0) is 18.2 Å². The summed E-state index contributed by atoms with van der Waals surface area (Å²) in [6, 6.07) is 5.26. The lowest BCUT2D eigenvalue weighted by Gasteiger charge is -2.13. The Kier molecular flexibility index (Phi) is 6.59. The molecule has 9 nitrogen and oxygen atoms in total. The number of amides is 2. The van der Waals surface area contributed by atoms with Crippen molar-refractivity contribution in [2.75, 3.05) is 20.7 Å². The molecule has 29 heavy (non-hydrogen) atoms. The monoisotopic (exact) mass is 414 g/mol. The number of nitrogens with zero attached hydrogens (tertiary/aromatic N) is 2. The number of pyridine rings is 1. The van der Waals surface area contributed by atoms with Crippen LogP contribution in [0.25, 0.3) is 11.3 Å². The van der Waals surface area contributed by atoms with E-state index in [1.165, 1.54) is 14.2 Å². The molecule has 2 aromatic heterocycles. The summed E-state index contributed by atoms with van der Waals surface area (Å²) in [6.07, 6.45) is -2.75. The molecule has 2 aromatic rings. The average molecular weight is 414 g/mol. The third-order valence-electron chi connectivity index (χ3n) is 3.90. The number of carbonyl (C=O) groups is 3. The van der Waals surface area contributed by atoms with E-state index in [4.69, 9.17) is 14.7 Å². The first-order valence-corrected chi connectivity index (χ1v) is 8.13. The molecule has 2 amide bonds. The smallest absolute Gasteiger partial charge is 0.475 e. The van der Waals surface area contributed by atoms with E-state index in [0.717, 1.165) is 28.4 Å². The second-order valence-electron chi connectivity index (χ2n) is 5.80. The number of aliphatic carboxylic acids is 1. The Morgan fingerprint density at radius 1 is 1.31 bits per heavy atom. The van der Waals surface area contributed by atoms with Crippen LogP contribution in [0, 0.1) is 0 Å². The second kappa shape index (κ2) is 8.73. The van der Waals surface area contributed by atoms with Crippen molar-refractivity contribution in [3.8, 4) is 11.3 Å². The minimum absolute atomic E-state index is 0.0757. The second-order valence-corrected chi connectivity index (χ2v) is 5.80. The Bertz CT molecular complexity index is 926. The molecule has 0 atom stereocenters. The minimum atomic E-state index is -5.08. The van der Waals surface area contributed by atoms with Crippen molar-refractivity contribution in [3.05, 3.63) is 41.3 Å². The first kappa shape index (κ1) is 21.9. The summed E-state index contributed by atoms with van der Waals surface area (Å²) in [7, 11) is 2.94. The number of H-pyrrole nitrogens is 1. The SMILES string of the molecule is CON(C)C(=O)c1cc(-c2cc3c([nH]2)CCNC3=O)ccn1.O=C(O)C(F)(F)F. The van der Waals surface area contributed by atoms with E-state index < -0.39 is 12.1 Å². The Labute approximate surface area is 162 Å².